The van der Waals surface area contributed by atoms with Gasteiger partial charge in [0.15, 0.2) is 0 Å². The Hall–Kier alpha value is -3.21. The molecule has 0 bridgehead atoms. The second-order valence-electron chi connectivity index (χ2n) is 5.91. The van der Waals surface area contributed by atoms with E-state index in [2.05, 4.69) is 16.0 Å². The molecule has 2 aromatic carbocycles. The first-order valence-corrected chi connectivity index (χ1v) is 9.58. The second kappa shape index (κ2) is 10.5. The van der Waals surface area contributed by atoms with Gasteiger partial charge in [0.25, 0.3) is 5.91 Å². The summed E-state index contributed by atoms with van der Waals surface area (Å²) in [5.41, 5.74) is -2.12. The SMILES string of the molecule is O=C(O)CNC(=O)c1ccc(-c2cccc(NC(=O)NCCSC(F)(F)F)c2)cc1. The summed E-state index contributed by atoms with van der Waals surface area (Å²) in [7, 11) is 0. The van der Waals surface area contributed by atoms with Gasteiger partial charge in [-0.15, -0.1) is 0 Å². The summed E-state index contributed by atoms with van der Waals surface area (Å²) in [4.78, 5) is 34.2. The number of hydrogen-bond donors (Lipinski definition) is 4. The van der Waals surface area contributed by atoms with Crippen molar-refractivity contribution in [2.45, 2.75) is 5.51 Å². The molecule has 2 aromatic rings. The predicted octanol–water partition coefficient (Wildman–Crippen LogP) is 3.54. The summed E-state index contributed by atoms with van der Waals surface area (Å²) in [5, 5.41) is 15.7. The third kappa shape index (κ3) is 8.03. The Bertz CT molecular complexity index is 905. The molecule has 0 saturated carbocycles. The minimum absolute atomic E-state index is 0.138. The largest absolute Gasteiger partial charge is 0.480 e. The van der Waals surface area contributed by atoms with E-state index in [1.807, 2.05) is 0 Å². The number of anilines is 1. The summed E-state index contributed by atoms with van der Waals surface area (Å²) in [6, 6.07) is 12.6. The van der Waals surface area contributed by atoms with E-state index in [-0.39, 0.29) is 24.1 Å². The normalized spacial score (nSPS) is 10.9. The van der Waals surface area contributed by atoms with Crippen LogP contribution in [0.3, 0.4) is 0 Å². The van der Waals surface area contributed by atoms with Gasteiger partial charge in [-0.1, -0.05) is 24.3 Å². The zero-order valence-corrected chi connectivity index (χ0v) is 16.3. The molecule has 3 amide bonds. The first-order chi connectivity index (χ1) is 14.1. The van der Waals surface area contributed by atoms with Crippen LogP contribution in [0.15, 0.2) is 48.5 Å². The Labute approximate surface area is 174 Å². The third-order valence-corrected chi connectivity index (χ3v) is 4.39. The van der Waals surface area contributed by atoms with Crippen molar-refractivity contribution in [1.82, 2.24) is 10.6 Å². The minimum atomic E-state index is -4.33. The van der Waals surface area contributed by atoms with Crippen molar-refractivity contribution < 1.29 is 32.7 Å². The highest BCUT2D eigenvalue weighted by molar-refractivity contribution is 8.00. The van der Waals surface area contributed by atoms with Crippen LogP contribution in [0.2, 0.25) is 0 Å². The molecule has 0 heterocycles. The van der Waals surface area contributed by atoms with Gasteiger partial charge >= 0.3 is 17.5 Å². The maximum absolute atomic E-state index is 12.1. The number of thioether (sulfide) groups is 1. The van der Waals surface area contributed by atoms with Gasteiger partial charge in [-0.3, -0.25) is 9.59 Å². The molecule has 11 heteroatoms. The van der Waals surface area contributed by atoms with E-state index < -0.39 is 30.0 Å². The number of carbonyl (C=O) groups is 3. The van der Waals surface area contributed by atoms with Crippen molar-refractivity contribution in [3.05, 3.63) is 54.1 Å². The Morgan fingerprint density at radius 3 is 2.30 bits per heavy atom. The summed E-state index contributed by atoms with van der Waals surface area (Å²) < 4.78 is 36.2. The zero-order chi connectivity index (χ0) is 22.1. The average molecular weight is 441 g/mol. The Morgan fingerprint density at radius 1 is 0.967 bits per heavy atom. The van der Waals surface area contributed by atoms with Crippen LogP contribution in [0.25, 0.3) is 11.1 Å². The molecule has 0 aliphatic heterocycles. The zero-order valence-electron chi connectivity index (χ0n) is 15.5. The number of rotatable bonds is 8. The fraction of sp³-hybridized carbons (Fsp3) is 0.211. The molecule has 0 saturated heterocycles. The number of carboxylic acids is 1. The molecule has 4 N–H and O–H groups in total. The van der Waals surface area contributed by atoms with Crippen LogP contribution in [0.1, 0.15) is 10.4 Å². The number of carbonyl (C=O) groups excluding carboxylic acids is 2. The molecule has 0 fully saturated rings. The Kier molecular flexibility index (Phi) is 8.10. The number of amides is 3. The van der Waals surface area contributed by atoms with E-state index in [0.717, 1.165) is 11.1 Å². The lowest BCUT2D eigenvalue weighted by molar-refractivity contribution is -0.135. The first-order valence-electron chi connectivity index (χ1n) is 8.60. The molecule has 0 radical (unpaired) electrons. The number of carboxylic acid groups (broad SMARTS) is 1. The van der Waals surface area contributed by atoms with Gasteiger partial charge in [-0.25, -0.2) is 4.79 Å². The number of urea groups is 1. The molecule has 0 aromatic heterocycles. The number of alkyl halides is 3. The smallest absolute Gasteiger partial charge is 0.441 e. The topological polar surface area (TPSA) is 108 Å². The molecule has 7 nitrogen and oxygen atoms in total. The van der Waals surface area contributed by atoms with Crippen molar-refractivity contribution in [3.63, 3.8) is 0 Å². The summed E-state index contributed by atoms with van der Waals surface area (Å²) >= 11 is -0.211. The Balaban J connectivity index is 1.94. The average Bonchev–Trinajstić information content (AvgIpc) is 2.69. The van der Waals surface area contributed by atoms with Gasteiger partial charge in [-0.2, -0.15) is 13.2 Å². The van der Waals surface area contributed by atoms with E-state index in [4.69, 9.17) is 5.11 Å². The van der Waals surface area contributed by atoms with Gasteiger partial charge in [0.2, 0.25) is 0 Å². The quantitative estimate of drug-likeness (QED) is 0.469. The van der Waals surface area contributed by atoms with Gasteiger partial charge < -0.3 is 21.1 Å². The fourth-order valence-corrected chi connectivity index (χ4v) is 2.79. The predicted molar refractivity (Wildman–Crippen MR) is 107 cm³/mol. The summed E-state index contributed by atoms with van der Waals surface area (Å²) in [6.45, 7) is -0.619. The molecule has 0 aliphatic carbocycles. The second-order valence-corrected chi connectivity index (χ2v) is 7.07. The number of nitrogens with one attached hydrogen (secondary N) is 3. The maximum Gasteiger partial charge on any atom is 0.441 e. The lowest BCUT2D eigenvalue weighted by Gasteiger charge is -2.10. The molecule has 2 rings (SSSR count). The van der Waals surface area contributed by atoms with Crippen molar-refractivity contribution >= 4 is 35.4 Å². The molecule has 160 valence electrons. The lowest BCUT2D eigenvalue weighted by atomic mass is 10.0. The van der Waals surface area contributed by atoms with Gasteiger partial charge in [0.05, 0.1) is 0 Å². The van der Waals surface area contributed by atoms with Crippen molar-refractivity contribution in [3.8, 4) is 11.1 Å². The number of halogens is 3. The minimum Gasteiger partial charge on any atom is -0.480 e. The first kappa shape index (κ1) is 23.1. The molecule has 30 heavy (non-hydrogen) atoms. The van der Waals surface area contributed by atoms with Crippen LogP contribution in [0, 0.1) is 0 Å². The Morgan fingerprint density at radius 2 is 1.67 bits per heavy atom. The van der Waals surface area contributed by atoms with Crippen LogP contribution >= 0.6 is 11.8 Å². The van der Waals surface area contributed by atoms with E-state index in [1.165, 1.54) is 12.1 Å². The van der Waals surface area contributed by atoms with Crippen LogP contribution < -0.4 is 16.0 Å². The molecule has 0 atom stereocenters. The lowest BCUT2D eigenvalue weighted by Crippen LogP contribution is -2.31. The van der Waals surface area contributed by atoms with Crippen molar-refractivity contribution in [2.24, 2.45) is 0 Å². The van der Waals surface area contributed by atoms with E-state index in [1.54, 1.807) is 36.4 Å². The van der Waals surface area contributed by atoms with Gasteiger partial charge in [0.1, 0.15) is 6.54 Å². The fourth-order valence-electron chi connectivity index (χ4n) is 2.36. The molecule has 0 spiro atoms. The molecule has 0 aliphatic rings. The number of hydrogen-bond acceptors (Lipinski definition) is 4. The summed E-state index contributed by atoms with van der Waals surface area (Å²) in [5.74, 6) is -1.95. The number of aliphatic carboxylic acids is 1. The van der Waals surface area contributed by atoms with E-state index in [0.29, 0.717) is 11.3 Å². The van der Waals surface area contributed by atoms with Crippen LogP contribution in [-0.4, -0.2) is 47.4 Å². The van der Waals surface area contributed by atoms with Crippen molar-refractivity contribution in [2.75, 3.05) is 24.2 Å². The molecular weight excluding hydrogens is 423 g/mol. The van der Waals surface area contributed by atoms with Gasteiger partial charge in [-0.05, 0) is 47.2 Å². The third-order valence-electron chi connectivity index (χ3n) is 3.65. The van der Waals surface area contributed by atoms with E-state index in [9.17, 15) is 27.6 Å². The standard InChI is InChI=1S/C19H18F3N3O4S/c20-19(21,22)30-9-8-23-18(29)25-15-3-1-2-14(10-15)12-4-6-13(7-5-12)17(28)24-11-16(26)27/h1-7,10H,8-9,11H2,(H,24,28)(H,26,27)(H2,23,25,29). The maximum atomic E-state index is 12.1. The van der Waals surface area contributed by atoms with Crippen LogP contribution in [0.4, 0.5) is 23.7 Å². The number of benzene rings is 2. The molecule has 0 unspecified atom stereocenters. The van der Waals surface area contributed by atoms with Gasteiger partial charge in [0, 0.05) is 23.5 Å². The van der Waals surface area contributed by atoms with Crippen molar-refractivity contribution in [1.29, 1.82) is 0 Å². The monoisotopic (exact) mass is 441 g/mol. The summed E-state index contributed by atoms with van der Waals surface area (Å²) in [6.07, 6.45) is 0. The van der Waals surface area contributed by atoms with Crippen LogP contribution in [0.5, 0.6) is 0 Å². The molecular formula is C19H18F3N3O4S. The highest BCUT2D eigenvalue weighted by atomic mass is 32.2. The highest BCUT2D eigenvalue weighted by Crippen LogP contribution is 2.29. The van der Waals surface area contributed by atoms with Crippen LogP contribution in [-0.2, 0) is 4.79 Å². The van der Waals surface area contributed by atoms with E-state index >= 15 is 0 Å². The highest BCUT2D eigenvalue weighted by Gasteiger charge is 2.27.